The maximum Gasteiger partial charge on any atom is 0.220 e. The molecule has 2 N–H and O–H groups in total. The first-order valence-electron chi connectivity index (χ1n) is 5.12. The number of aliphatic hydroxyl groups is 1. The minimum atomic E-state index is -0.395. The molecule has 1 unspecified atom stereocenters. The van der Waals surface area contributed by atoms with Gasteiger partial charge >= 0.3 is 0 Å². The first-order valence-corrected chi connectivity index (χ1v) is 5.12. The molecule has 0 spiro atoms. The second kappa shape index (κ2) is 5.32. The lowest BCUT2D eigenvalue weighted by Crippen LogP contribution is -2.47. The molecule has 1 aliphatic carbocycles. The molecule has 82 valence electrons. The summed E-state index contributed by atoms with van der Waals surface area (Å²) in [6.07, 6.45) is 2.69. The van der Waals surface area contributed by atoms with Gasteiger partial charge in [0.15, 0.2) is 0 Å². The van der Waals surface area contributed by atoms with E-state index in [9.17, 15) is 4.79 Å². The van der Waals surface area contributed by atoms with E-state index in [0.717, 1.165) is 12.8 Å². The van der Waals surface area contributed by atoms with Gasteiger partial charge < -0.3 is 15.2 Å². The molecule has 0 heterocycles. The van der Waals surface area contributed by atoms with Crippen LogP contribution in [0.25, 0.3) is 0 Å². The summed E-state index contributed by atoms with van der Waals surface area (Å²) in [5, 5.41) is 11.9. The number of hydrogen-bond donors (Lipinski definition) is 2. The molecule has 0 bridgehead atoms. The Morgan fingerprint density at radius 1 is 1.64 bits per heavy atom. The summed E-state index contributed by atoms with van der Waals surface area (Å²) in [6.45, 7) is 1.69. The zero-order valence-electron chi connectivity index (χ0n) is 8.82. The summed E-state index contributed by atoms with van der Waals surface area (Å²) in [5.74, 6) is 0.0328. The molecule has 0 aliphatic heterocycles. The van der Waals surface area contributed by atoms with Crippen molar-refractivity contribution in [2.45, 2.75) is 50.9 Å². The Bertz CT molecular complexity index is 188. The third-order valence-corrected chi connectivity index (χ3v) is 2.58. The fourth-order valence-electron chi connectivity index (χ4n) is 1.52. The Kier molecular flexibility index (Phi) is 4.35. The number of amides is 1. The van der Waals surface area contributed by atoms with Crippen LogP contribution in [0.3, 0.4) is 0 Å². The highest BCUT2D eigenvalue weighted by Crippen LogP contribution is 2.22. The fraction of sp³-hybridized carbons (Fsp3) is 0.900. The maximum absolute atomic E-state index is 11.3. The van der Waals surface area contributed by atoms with Gasteiger partial charge in [0.1, 0.15) is 0 Å². The van der Waals surface area contributed by atoms with Gasteiger partial charge in [-0.1, -0.05) is 0 Å². The molecule has 1 rings (SSSR count). The molecule has 0 aromatic carbocycles. The van der Waals surface area contributed by atoms with Crippen molar-refractivity contribution in [3.63, 3.8) is 0 Å². The van der Waals surface area contributed by atoms with Gasteiger partial charge in [0.05, 0.1) is 12.2 Å². The van der Waals surface area contributed by atoms with E-state index in [1.165, 1.54) is 0 Å². The Balaban J connectivity index is 2.04. The predicted molar refractivity (Wildman–Crippen MR) is 52.9 cm³/mol. The average Bonchev–Trinajstić information content (AvgIpc) is 2.07. The van der Waals surface area contributed by atoms with Crippen molar-refractivity contribution in [1.29, 1.82) is 0 Å². The highest BCUT2D eigenvalue weighted by Gasteiger charge is 2.29. The SMILES string of the molecule is COC1CC(NC(=O)CCC(C)O)C1. The molecule has 4 nitrogen and oxygen atoms in total. The average molecular weight is 201 g/mol. The predicted octanol–water partition coefficient (Wildman–Crippen LogP) is 0.441. The third-order valence-electron chi connectivity index (χ3n) is 2.58. The fourth-order valence-corrected chi connectivity index (χ4v) is 1.52. The summed E-state index contributed by atoms with van der Waals surface area (Å²) >= 11 is 0. The van der Waals surface area contributed by atoms with Crippen molar-refractivity contribution in [3.05, 3.63) is 0 Å². The molecular formula is C10H19NO3. The molecular weight excluding hydrogens is 182 g/mol. The number of carbonyl (C=O) groups excluding carboxylic acids is 1. The number of nitrogens with one attached hydrogen (secondary N) is 1. The molecule has 0 saturated heterocycles. The first-order chi connectivity index (χ1) is 6.61. The van der Waals surface area contributed by atoms with Gasteiger partial charge in [-0.3, -0.25) is 4.79 Å². The Labute approximate surface area is 84.6 Å². The smallest absolute Gasteiger partial charge is 0.220 e. The van der Waals surface area contributed by atoms with E-state index in [2.05, 4.69) is 5.32 Å². The van der Waals surface area contributed by atoms with Crippen molar-refractivity contribution in [3.8, 4) is 0 Å². The summed E-state index contributed by atoms with van der Waals surface area (Å²) in [4.78, 5) is 11.3. The van der Waals surface area contributed by atoms with Crippen LogP contribution in [0.15, 0.2) is 0 Å². The Morgan fingerprint density at radius 2 is 2.29 bits per heavy atom. The third kappa shape index (κ3) is 3.64. The second-order valence-corrected chi connectivity index (χ2v) is 3.98. The normalized spacial score (nSPS) is 27.9. The minimum Gasteiger partial charge on any atom is -0.393 e. The lowest BCUT2D eigenvalue weighted by molar-refractivity contribution is -0.124. The summed E-state index contributed by atoms with van der Waals surface area (Å²) in [7, 11) is 1.69. The summed E-state index contributed by atoms with van der Waals surface area (Å²) in [5.41, 5.74) is 0. The topological polar surface area (TPSA) is 58.6 Å². The van der Waals surface area contributed by atoms with E-state index in [4.69, 9.17) is 9.84 Å². The molecule has 1 aliphatic rings. The number of aliphatic hydroxyl groups excluding tert-OH is 1. The van der Waals surface area contributed by atoms with Crippen LogP contribution in [0.1, 0.15) is 32.6 Å². The number of carbonyl (C=O) groups is 1. The van der Waals surface area contributed by atoms with Crippen molar-refractivity contribution in [2.24, 2.45) is 0 Å². The molecule has 1 atom stereocenters. The number of rotatable bonds is 5. The highest BCUT2D eigenvalue weighted by atomic mass is 16.5. The highest BCUT2D eigenvalue weighted by molar-refractivity contribution is 5.76. The molecule has 0 radical (unpaired) electrons. The van der Waals surface area contributed by atoms with E-state index in [0.29, 0.717) is 18.9 Å². The van der Waals surface area contributed by atoms with Gasteiger partial charge in [-0.2, -0.15) is 0 Å². The summed E-state index contributed by atoms with van der Waals surface area (Å²) in [6, 6.07) is 0.279. The van der Waals surface area contributed by atoms with E-state index < -0.39 is 6.10 Å². The van der Waals surface area contributed by atoms with Crippen molar-refractivity contribution >= 4 is 5.91 Å². The van der Waals surface area contributed by atoms with Gasteiger partial charge in [0.25, 0.3) is 0 Å². The first kappa shape index (κ1) is 11.5. The van der Waals surface area contributed by atoms with Gasteiger partial charge in [0, 0.05) is 19.6 Å². The lowest BCUT2D eigenvalue weighted by Gasteiger charge is -2.34. The zero-order valence-corrected chi connectivity index (χ0v) is 8.82. The Hall–Kier alpha value is -0.610. The molecule has 4 heteroatoms. The van der Waals surface area contributed by atoms with Crippen LogP contribution < -0.4 is 5.32 Å². The van der Waals surface area contributed by atoms with Crippen LogP contribution in [-0.4, -0.2) is 36.4 Å². The number of ether oxygens (including phenoxy) is 1. The van der Waals surface area contributed by atoms with Crippen molar-refractivity contribution in [2.75, 3.05) is 7.11 Å². The zero-order chi connectivity index (χ0) is 10.6. The molecule has 0 aromatic heterocycles. The van der Waals surface area contributed by atoms with Crippen LogP contribution in [-0.2, 0) is 9.53 Å². The van der Waals surface area contributed by atoms with E-state index in [1.54, 1.807) is 14.0 Å². The van der Waals surface area contributed by atoms with Crippen LogP contribution >= 0.6 is 0 Å². The van der Waals surface area contributed by atoms with Crippen LogP contribution in [0.2, 0.25) is 0 Å². The van der Waals surface area contributed by atoms with E-state index >= 15 is 0 Å². The van der Waals surface area contributed by atoms with Crippen molar-refractivity contribution in [1.82, 2.24) is 5.32 Å². The molecule has 1 fully saturated rings. The lowest BCUT2D eigenvalue weighted by atomic mass is 9.89. The molecule has 0 aromatic rings. The van der Waals surface area contributed by atoms with Crippen molar-refractivity contribution < 1.29 is 14.6 Å². The standard InChI is InChI=1S/C10H19NO3/c1-7(12)3-4-10(13)11-8-5-9(6-8)14-2/h7-9,12H,3-6H2,1-2H3,(H,11,13). The van der Waals surface area contributed by atoms with Crippen LogP contribution in [0.4, 0.5) is 0 Å². The van der Waals surface area contributed by atoms with Crippen LogP contribution in [0, 0.1) is 0 Å². The van der Waals surface area contributed by atoms with Gasteiger partial charge in [-0.05, 0) is 26.2 Å². The quantitative estimate of drug-likeness (QED) is 0.678. The number of hydrogen-bond acceptors (Lipinski definition) is 3. The second-order valence-electron chi connectivity index (χ2n) is 3.98. The minimum absolute atomic E-state index is 0.0328. The monoisotopic (exact) mass is 201 g/mol. The van der Waals surface area contributed by atoms with Gasteiger partial charge in [0.2, 0.25) is 5.91 Å². The van der Waals surface area contributed by atoms with E-state index in [-0.39, 0.29) is 11.9 Å². The van der Waals surface area contributed by atoms with E-state index in [1.807, 2.05) is 0 Å². The molecule has 1 amide bonds. The molecule has 14 heavy (non-hydrogen) atoms. The largest absolute Gasteiger partial charge is 0.393 e. The van der Waals surface area contributed by atoms with Crippen LogP contribution in [0.5, 0.6) is 0 Å². The van der Waals surface area contributed by atoms with Gasteiger partial charge in [-0.15, -0.1) is 0 Å². The molecule has 1 saturated carbocycles. The Morgan fingerprint density at radius 3 is 2.79 bits per heavy atom. The maximum atomic E-state index is 11.3. The number of methoxy groups -OCH3 is 1. The van der Waals surface area contributed by atoms with Gasteiger partial charge in [-0.25, -0.2) is 0 Å². The summed E-state index contributed by atoms with van der Waals surface area (Å²) < 4.78 is 5.10.